The van der Waals surface area contributed by atoms with Crippen LogP contribution in [0.1, 0.15) is 33.1 Å². The second-order valence-electron chi connectivity index (χ2n) is 5.30. The number of para-hydroxylation sites is 1. The fraction of sp³-hybridized carbons (Fsp3) is 0.467. The van der Waals surface area contributed by atoms with Gasteiger partial charge in [0, 0.05) is 10.5 Å². The van der Waals surface area contributed by atoms with Crippen molar-refractivity contribution in [1.82, 2.24) is 5.32 Å². The van der Waals surface area contributed by atoms with E-state index in [2.05, 4.69) is 26.6 Å². The molecule has 5 heteroatoms. The predicted octanol–water partition coefficient (Wildman–Crippen LogP) is 3.08. The Bertz CT molecular complexity index is 526. The lowest BCUT2D eigenvalue weighted by molar-refractivity contribution is -0.134. The molecule has 1 atom stereocenters. The number of amides is 2. The van der Waals surface area contributed by atoms with Crippen molar-refractivity contribution in [2.75, 3.05) is 5.32 Å². The van der Waals surface area contributed by atoms with Gasteiger partial charge in [-0.05, 0) is 54.2 Å². The topological polar surface area (TPSA) is 58.2 Å². The molecular formula is C15H19BrN2O2. The summed E-state index contributed by atoms with van der Waals surface area (Å²) in [4.78, 5) is 24.6. The van der Waals surface area contributed by atoms with Gasteiger partial charge in [-0.15, -0.1) is 0 Å². The summed E-state index contributed by atoms with van der Waals surface area (Å²) in [6.45, 7) is 3.95. The van der Waals surface area contributed by atoms with Gasteiger partial charge in [-0.25, -0.2) is 0 Å². The van der Waals surface area contributed by atoms with E-state index in [0.29, 0.717) is 18.5 Å². The number of nitrogens with one attached hydrogen (secondary N) is 2. The first kappa shape index (κ1) is 15.0. The molecule has 0 bridgehead atoms. The van der Waals surface area contributed by atoms with Crippen molar-refractivity contribution in [3.05, 3.63) is 28.7 Å². The van der Waals surface area contributed by atoms with Crippen LogP contribution < -0.4 is 10.6 Å². The van der Waals surface area contributed by atoms with E-state index >= 15 is 0 Å². The molecular weight excluding hydrogens is 320 g/mol. The minimum absolute atomic E-state index is 0.0937. The summed E-state index contributed by atoms with van der Waals surface area (Å²) in [6.07, 6.45) is 2.09. The molecule has 0 spiro atoms. The number of hydrogen-bond donors (Lipinski definition) is 2. The van der Waals surface area contributed by atoms with Gasteiger partial charge in [-0.2, -0.15) is 0 Å². The summed E-state index contributed by atoms with van der Waals surface area (Å²) in [5.41, 5.74) is -0.182. The van der Waals surface area contributed by atoms with Crippen LogP contribution in [0.15, 0.2) is 28.7 Å². The molecule has 1 unspecified atom stereocenters. The molecule has 1 saturated carbocycles. The van der Waals surface area contributed by atoms with Gasteiger partial charge >= 0.3 is 0 Å². The third-order valence-electron chi connectivity index (χ3n) is 3.73. The molecule has 0 radical (unpaired) electrons. The lowest BCUT2D eigenvalue weighted by Crippen LogP contribution is -2.43. The van der Waals surface area contributed by atoms with E-state index in [1.807, 2.05) is 38.1 Å². The molecule has 2 N–H and O–H groups in total. The molecule has 108 valence electrons. The maximum atomic E-state index is 12.4. The number of halogens is 1. The zero-order valence-electron chi connectivity index (χ0n) is 11.7. The van der Waals surface area contributed by atoms with E-state index < -0.39 is 5.41 Å². The molecule has 2 amide bonds. The first-order valence-corrected chi connectivity index (χ1v) is 7.66. The zero-order chi connectivity index (χ0) is 14.8. The van der Waals surface area contributed by atoms with Gasteiger partial charge in [0.15, 0.2) is 0 Å². The molecule has 0 heterocycles. The summed E-state index contributed by atoms with van der Waals surface area (Å²) < 4.78 is 0.812. The van der Waals surface area contributed by atoms with Crippen LogP contribution in [0, 0.1) is 5.41 Å². The minimum atomic E-state index is -0.876. The number of rotatable bonds is 5. The Morgan fingerprint density at radius 3 is 2.50 bits per heavy atom. The number of benzene rings is 1. The molecule has 1 aromatic carbocycles. The Morgan fingerprint density at radius 2 is 1.95 bits per heavy atom. The van der Waals surface area contributed by atoms with Crippen molar-refractivity contribution in [2.45, 2.75) is 39.2 Å². The van der Waals surface area contributed by atoms with E-state index in [-0.39, 0.29) is 17.9 Å². The molecule has 0 saturated heterocycles. The molecule has 20 heavy (non-hydrogen) atoms. The molecule has 1 aliphatic rings. The minimum Gasteiger partial charge on any atom is -0.353 e. The van der Waals surface area contributed by atoms with Crippen LogP contribution in [0.5, 0.6) is 0 Å². The lowest BCUT2D eigenvalue weighted by Gasteiger charge is -2.18. The Hall–Kier alpha value is -1.36. The van der Waals surface area contributed by atoms with Crippen LogP contribution in [0.4, 0.5) is 5.69 Å². The SMILES string of the molecule is CCC(C)NC(=O)C1(C(=O)Nc2ccccc2Br)CC1. The Morgan fingerprint density at radius 1 is 1.30 bits per heavy atom. The lowest BCUT2D eigenvalue weighted by atomic mass is 10.0. The van der Waals surface area contributed by atoms with Gasteiger partial charge in [0.2, 0.25) is 11.8 Å². The maximum Gasteiger partial charge on any atom is 0.240 e. The first-order chi connectivity index (χ1) is 9.49. The predicted molar refractivity (Wildman–Crippen MR) is 82.3 cm³/mol. The van der Waals surface area contributed by atoms with Crippen molar-refractivity contribution >= 4 is 33.4 Å². The highest BCUT2D eigenvalue weighted by Crippen LogP contribution is 2.47. The summed E-state index contributed by atoms with van der Waals surface area (Å²) in [6, 6.07) is 7.48. The van der Waals surface area contributed by atoms with E-state index in [1.54, 1.807) is 0 Å². The highest BCUT2D eigenvalue weighted by Gasteiger charge is 2.56. The van der Waals surface area contributed by atoms with Gasteiger partial charge in [0.05, 0.1) is 5.69 Å². The fourth-order valence-electron chi connectivity index (χ4n) is 1.95. The van der Waals surface area contributed by atoms with Gasteiger partial charge in [0.25, 0.3) is 0 Å². The molecule has 4 nitrogen and oxygen atoms in total. The van der Waals surface area contributed by atoms with Gasteiger partial charge < -0.3 is 10.6 Å². The fourth-order valence-corrected chi connectivity index (χ4v) is 2.33. The number of hydrogen-bond acceptors (Lipinski definition) is 2. The van der Waals surface area contributed by atoms with Gasteiger partial charge in [-0.3, -0.25) is 9.59 Å². The van der Waals surface area contributed by atoms with Gasteiger partial charge in [-0.1, -0.05) is 19.1 Å². The van der Waals surface area contributed by atoms with E-state index in [0.717, 1.165) is 10.9 Å². The second-order valence-corrected chi connectivity index (χ2v) is 6.15. The smallest absolute Gasteiger partial charge is 0.240 e. The van der Waals surface area contributed by atoms with Crippen LogP contribution >= 0.6 is 15.9 Å². The highest BCUT2D eigenvalue weighted by atomic mass is 79.9. The number of carbonyl (C=O) groups excluding carboxylic acids is 2. The zero-order valence-corrected chi connectivity index (χ0v) is 13.3. The van der Waals surface area contributed by atoms with Crippen molar-refractivity contribution in [3.63, 3.8) is 0 Å². The Labute approximate surface area is 127 Å². The van der Waals surface area contributed by atoms with Crippen LogP contribution in [-0.4, -0.2) is 17.9 Å². The third-order valence-corrected chi connectivity index (χ3v) is 4.42. The normalized spacial score (nSPS) is 17.1. The molecule has 0 aromatic heterocycles. The van der Waals surface area contributed by atoms with Crippen LogP contribution in [0.25, 0.3) is 0 Å². The molecule has 1 aliphatic carbocycles. The van der Waals surface area contributed by atoms with Crippen molar-refractivity contribution in [3.8, 4) is 0 Å². The van der Waals surface area contributed by atoms with E-state index in [1.165, 1.54) is 0 Å². The average molecular weight is 339 g/mol. The maximum absolute atomic E-state index is 12.4. The van der Waals surface area contributed by atoms with Crippen molar-refractivity contribution in [1.29, 1.82) is 0 Å². The van der Waals surface area contributed by atoms with Crippen LogP contribution in [-0.2, 0) is 9.59 Å². The van der Waals surface area contributed by atoms with Crippen molar-refractivity contribution in [2.24, 2.45) is 5.41 Å². The summed E-state index contributed by atoms with van der Waals surface area (Å²) >= 11 is 3.39. The van der Waals surface area contributed by atoms with E-state index in [9.17, 15) is 9.59 Å². The quantitative estimate of drug-likeness (QED) is 0.810. The first-order valence-electron chi connectivity index (χ1n) is 6.86. The highest BCUT2D eigenvalue weighted by molar-refractivity contribution is 9.10. The number of carbonyl (C=O) groups is 2. The number of anilines is 1. The summed E-state index contributed by atoms with van der Waals surface area (Å²) in [5.74, 6) is -0.374. The molecule has 1 fully saturated rings. The Balaban J connectivity index is 2.05. The molecule has 0 aliphatic heterocycles. The van der Waals surface area contributed by atoms with E-state index in [4.69, 9.17) is 0 Å². The average Bonchev–Trinajstić information content (AvgIpc) is 3.22. The largest absolute Gasteiger partial charge is 0.353 e. The van der Waals surface area contributed by atoms with Crippen molar-refractivity contribution < 1.29 is 9.59 Å². The molecule has 2 rings (SSSR count). The van der Waals surface area contributed by atoms with Crippen LogP contribution in [0.3, 0.4) is 0 Å². The van der Waals surface area contributed by atoms with Gasteiger partial charge in [0.1, 0.15) is 5.41 Å². The third kappa shape index (κ3) is 3.03. The Kier molecular flexibility index (Phi) is 4.48. The summed E-state index contributed by atoms with van der Waals surface area (Å²) in [5, 5.41) is 5.74. The second kappa shape index (κ2) is 5.95. The standard InChI is InChI=1S/C15H19BrN2O2/c1-3-10(2)17-13(19)15(8-9-15)14(20)18-12-7-5-4-6-11(12)16/h4-7,10H,3,8-9H2,1-2H3,(H,17,19)(H,18,20). The molecule has 1 aromatic rings. The summed E-state index contributed by atoms with van der Waals surface area (Å²) in [7, 11) is 0. The monoisotopic (exact) mass is 338 g/mol. The van der Waals surface area contributed by atoms with Crippen LogP contribution in [0.2, 0.25) is 0 Å².